The van der Waals surface area contributed by atoms with Crippen molar-refractivity contribution in [1.29, 1.82) is 0 Å². The number of hydrogen-bond acceptors (Lipinski definition) is 6. The number of rotatable bonds is 8. The second-order valence-electron chi connectivity index (χ2n) is 7.95. The smallest absolute Gasteiger partial charge is 0.341 e. The molecular formula is C22H31NO5S. The summed E-state index contributed by atoms with van der Waals surface area (Å²) in [5.41, 5.74) is 1.47. The van der Waals surface area contributed by atoms with Crippen LogP contribution in [0.3, 0.4) is 0 Å². The van der Waals surface area contributed by atoms with Gasteiger partial charge in [-0.15, -0.1) is 11.3 Å². The number of ether oxygens (including phenoxy) is 2. The summed E-state index contributed by atoms with van der Waals surface area (Å²) in [6.07, 6.45) is 8.97. The normalized spacial score (nSPS) is 17.4. The SMILES string of the molecule is CCOC(=O)c1c(NC(=O)C(C)OC(=O)CCC2CCCC2)sc2c1CCCC2. The van der Waals surface area contributed by atoms with Gasteiger partial charge in [0.15, 0.2) is 6.10 Å². The number of nitrogens with one attached hydrogen (secondary N) is 1. The third-order valence-corrected chi connectivity index (χ3v) is 7.00. The van der Waals surface area contributed by atoms with Gasteiger partial charge in [-0.25, -0.2) is 4.79 Å². The molecule has 1 saturated carbocycles. The molecule has 1 amide bonds. The highest BCUT2D eigenvalue weighted by molar-refractivity contribution is 7.17. The quantitative estimate of drug-likeness (QED) is 0.618. The maximum atomic E-state index is 12.6. The van der Waals surface area contributed by atoms with E-state index in [0.717, 1.165) is 42.5 Å². The number of amides is 1. The van der Waals surface area contributed by atoms with Crippen LogP contribution < -0.4 is 5.32 Å². The molecule has 1 atom stereocenters. The summed E-state index contributed by atoms with van der Waals surface area (Å²) < 4.78 is 10.5. The van der Waals surface area contributed by atoms with E-state index in [0.29, 0.717) is 22.9 Å². The Labute approximate surface area is 176 Å². The van der Waals surface area contributed by atoms with Crippen molar-refractivity contribution < 1.29 is 23.9 Å². The number of hydrogen-bond donors (Lipinski definition) is 1. The molecular weight excluding hydrogens is 390 g/mol. The lowest BCUT2D eigenvalue weighted by atomic mass is 9.95. The average Bonchev–Trinajstić information content (AvgIpc) is 3.33. The van der Waals surface area contributed by atoms with Crippen molar-refractivity contribution in [2.75, 3.05) is 11.9 Å². The lowest BCUT2D eigenvalue weighted by molar-refractivity contribution is -0.153. The van der Waals surface area contributed by atoms with Crippen LogP contribution in [0.25, 0.3) is 0 Å². The number of aryl methyl sites for hydroxylation is 1. The first-order valence-electron chi connectivity index (χ1n) is 10.8. The van der Waals surface area contributed by atoms with E-state index < -0.39 is 18.0 Å². The Bertz CT molecular complexity index is 751. The van der Waals surface area contributed by atoms with Crippen molar-refractivity contribution in [1.82, 2.24) is 0 Å². The zero-order valence-electron chi connectivity index (χ0n) is 17.4. The van der Waals surface area contributed by atoms with E-state index in [1.165, 1.54) is 37.0 Å². The van der Waals surface area contributed by atoms with E-state index in [4.69, 9.17) is 9.47 Å². The molecule has 29 heavy (non-hydrogen) atoms. The van der Waals surface area contributed by atoms with Crippen LogP contribution in [0.5, 0.6) is 0 Å². The fourth-order valence-corrected chi connectivity index (χ4v) is 5.50. The van der Waals surface area contributed by atoms with Crippen molar-refractivity contribution in [3.63, 3.8) is 0 Å². The topological polar surface area (TPSA) is 81.7 Å². The molecule has 7 heteroatoms. The van der Waals surface area contributed by atoms with Crippen LogP contribution in [0.2, 0.25) is 0 Å². The highest BCUT2D eigenvalue weighted by atomic mass is 32.1. The molecule has 0 aliphatic heterocycles. The van der Waals surface area contributed by atoms with Crippen molar-refractivity contribution in [3.05, 3.63) is 16.0 Å². The molecule has 6 nitrogen and oxygen atoms in total. The predicted octanol–water partition coefficient (Wildman–Crippen LogP) is 4.64. The summed E-state index contributed by atoms with van der Waals surface area (Å²) in [5.74, 6) is -0.543. The van der Waals surface area contributed by atoms with Crippen molar-refractivity contribution >= 4 is 34.2 Å². The highest BCUT2D eigenvalue weighted by Crippen LogP contribution is 2.38. The molecule has 1 aromatic rings. The third kappa shape index (κ3) is 5.59. The second-order valence-corrected chi connectivity index (χ2v) is 9.05. The number of esters is 2. The number of thiophene rings is 1. The molecule has 1 N–H and O–H groups in total. The van der Waals surface area contributed by atoms with Crippen molar-refractivity contribution in [3.8, 4) is 0 Å². The van der Waals surface area contributed by atoms with Gasteiger partial charge in [0.1, 0.15) is 5.00 Å². The minimum atomic E-state index is -0.903. The molecule has 1 fully saturated rings. The zero-order valence-corrected chi connectivity index (χ0v) is 18.2. The van der Waals surface area contributed by atoms with E-state index in [2.05, 4.69) is 5.32 Å². The van der Waals surface area contributed by atoms with Gasteiger partial charge in [-0.2, -0.15) is 0 Å². The fraction of sp³-hybridized carbons (Fsp3) is 0.682. The Kier molecular flexibility index (Phi) is 7.70. The third-order valence-electron chi connectivity index (χ3n) is 5.80. The number of anilines is 1. The Morgan fingerprint density at radius 2 is 1.86 bits per heavy atom. The van der Waals surface area contributed by atoms with Gasteiger partial charge in [-0.1, -0.05) is 25.7 Å². The first-order chi connectivity index (χ1) is 14.0. The van der Waals surface area contributed by atoms with Gasteiger partial charge < -0.3 is 14.8 Å². The maximum Gasteiger partial charge on any atom is 0.341 e. The van der Waals surface area contributed by atoms with Crippen LogP contribution in [0, 0.1) is 5.92 Å². The van der Waals surface area contributed by atoms with Crippen molar-refractivity contribution in [2.24, 2.45) is 5.92 Å². The Morgan fingerprint density at radius 3 is 2.59 bits per heavy atom. The first-order valence-corrected chi connectivity index (χ1v) is 11.6. The van der Waals surface area contributed by atoms with Crippen LogP contribution >= 0.6 is 11.3 Å². The molecule has 1 unspecified atom stereocenters. The minimum Gasteiger partial charge on any atom is -0.462 e. The molecule has 2 aliphatic rings. The van der Waals surface area contributed by atoms with E-state index in [1.54, 1.807) is 13.8 Å². The molecule has 160 valence electrons. The summed E-state index contributed by atoms with van der Waals surface area (Å²) in [6.45, 7) is 3.62. The van der Waals surface area contributed by atoms with E-state index >= 15 is 0 Å². The standard InChI is InChI=1S/C22H31NO5S/c1-3-27-22(26)19-16-10-6-7-11-17(16)29-21(19)23-20(25)14(2)28-18(24)13-12-15-8-4-5-9-15/h14-15H,3-13H2,1-2H3,(H,23,25). The molecule has 1 aromatic heterocycles. The molecule has 0 saturated heterocycles. The molecule has 1 heterocycles. The van der Waals surface area contributed by atoms with Gasteiger partial charge in [0.25, 0.3) is 5.91 Å². The molecule has 3 rings (SSSR count). The van der Waals surface area contributed by atoms with E-state index in [1.807, 2.05) is 0 Å². The van der Waals surface area contributed by atoms with Gasteiger partial charge >= 0.3 is 11.9 Å². The number of fused-ring (bicyclic) bond motifs is 1. The van der Waals surface area contributed by atoms with Crippen LogP contribution in [0.4, 0.5) is 5.00 Å². The molecule has 0 aromatic carbocycles. The number of carbonyl (C=O) groups is 3. The maximum absolute atomic E-state index is 12.6. The van der Waals surface area contributed by atoms with Crippen molar-refractivity contribution in [2.45, 2.75) is 84.2 Å². The fourth-order valence-electron chi connectivity index (χ4n) is 4.22. The van der Waals surface area contributed by atoms with E-state index in [9.17, 15) is 14.4 Å². The van der Waals surface area contributed by atoms with Gasteiger partial charge in [-0.3, -0.25) is 9.59 Å². The van der Waals surface area contributed by atoms with E-state index in [-0.39, 0.29) is 12.6 Å². The van der Waals surface area contributed by atoms with Gasteiger partial charge in [0, 0.05) is 11.3 Å². The van der Waals surface area contributed by atoms with Gasteiger partial charge in [-0.05, 0) is 57.4 Å². The Balaban J connectivity index is 1.60. The largest absolute Gasteiger partial charge is 0.462 e. The summed E-state index contributed by atoms with van der Waals surface area (Å²) in [5, 5.41) is 3.32. The summed E-state index contributed by atoms with van der Waals surface area (Å²) in [7, 11) is 0. The zero-order chi connectivity index (χ0) is 20.8. The molecule has 2 aliphatic carbocycles. The van der Waals surface area contributed by atoms with Crippen LogP contribution in [-0.4, -0.2) is 30.6 Å². The minimum absolute atomic E-state index is 0.284. The highest BCUT2D eigenvalue weighted by Gasteiger charge is 2.29. The second kappa shape index (κ2) is 10.2. The Hall–Kier alpha value is -1.89. The first kappa shape index (κ1) is 21.8. The van der Waals surface area contributed by atoms with Crippen LogP contribution in [-0.2, 0) is 31.9 Å². The molecule has 0 spiro atoms. The Morgan fingerprint density at radius 1 is 1.14 bits per heavy atom. The predicted molar refractivity (Wildman–Crippen MR) is 112 cm³/mol. The summed E-state index contributed by atoms with van der Waals surface area (Å²) in [6, 6.07) is 0. The van der Waals surface area contributed by atoms with Crippen LogP contribution in [0.15, 0.2) is 0 Å². The average molecular weight is 422 g/mol. The lowest BCUT2D eigenvalue weighted by Crippen LogP contribution is -2.30. The van der Waals surface area contributed by atoms with Gasteiger partial charge in [0.05, 0.1) is 12.2 Å². The summed E-state index contributed by atoms with van der Waals surface area (Å²) in [4.78, 5) is 38.4. The monoisotopic (exact) mass is 421 g/mol. The summed E-state index contributed by atoms with van der Waals surface area (Å²) >= 11 is 1.43. The molecule has 0 bridgehead atoms. The van der Waals surface area contributed by atoms with Gasteiger partial charge in [0.2, 0.25) is 0 Å². The lowest BCUT2D eigenvalue weighted by Gasteiger charge is -2.15. The number of carbonyl (C=O) groups excluding carboxylic acids is 3. The van der Waals surface area contributed by atoms with Crippen LogP contribution in [0.1, 0.15) is 86.0 Å². The molecule has 0 radical (unpaired) electrons.